The van der Waals surface area contributed by atoms with Crippen molar-refractivity contribution in [3.8, 4) is 0 Å². The number of aromatic nitrogens is 4. The molecule has 5 rings (SSSR count). The number of fused-ring (bicyclic) bond motifs is 1. The van der Waals surface area contributed by atoms with E-state index in [1.165, 1.54) is 5.56 Å². The van der Waals surface area contributed by atoms with Crippen molar-refractivity contribution in [2.24, 2.45) is 0 Å². The molecule has 0 unspecified atom stereocenters. The fourth-order valence-corrected chi connectivity index (χ4v) is 4.58. The summed E-state index contributed by atoms with van der Waals surface area (Å²) in [6.45, 7) is 8.90. The van der Waals surface area contributed by atoms with E-state index in [4.69, 9.17) is 0 Å². The van der Waals surface area contributed by atoms with Crippen molar-refractivity contribution < 1.29 is 0 Å². The number of piperazine rings is 1. The van der Waals surface area contributed by atoms with Crippen LogP contribution in [0.3, 0.4) is 0 Å². The monoisotopic (exact) mass is 465 g/mol. The van der Waals surface area contributed by atoms with E-state index in [-0.39, 0.29) is 0 Å². The number of likely N-dealkylation sites (N-methyl/N-ethyl adjacent to an activating group) is 1. The molecule has 178 valence electrons. The average Bonchev–Trinajstić information content (AvgIpc) is 2.89. The third-order valence-electron chi connectivity index (χ3n) is 6.63. The third kappa shape index (κ3) is 5.00. The summed E-state index contributed by atoms with van der Waals surface area (Å²) in [6, 6.07) is 14.7. The Labute approximate surface area is 206 Å². The Balaban J connectivity index is 1.40. The maximum absolute atomic E-state index is 4.61. The lowest BCUT2D eigenvalue weighted by molar-refractivity contribution is 0.312. The Morgan fingerprint density at radius 2 is 1.83 bits per heavy atom. The number of hydrogen-bond donors (Lipinski definition) is 1. The Morgan fingerprint density at radius 3 is 2.63 bits per heavy atom. The summed E-state index contributed by atoms with van der Waals surface area (Å²) < 4.78 is 0. The molecule has 3 aromatic heterocycles. The minimum atomic E-state index is 0.664. The second-order valence-corrected chi connectivity index (χ2v) is 8.96. The molecule has 0 radical (unpaired) electrons. The van der Waals surface area contributed by atoms with Crippen LogP contribution in [0.15, 0.2) is 67.3 Å². The van der Waals surface area contributed by atoms with E-state index in [0.717, 1.165) is 71.1 Å². The lowest BCUT2D eigenvalue weighted by Gasteiger charge is -2.33. The normalized spacial score (nSPS) is 14.9. The summed E-state index contributed by atoms with van der Waals surface area (Å²) in [5.41, 5.74) is 6.51. The van der Waals surface area contributed by atoms with Crippen molar-refractivity contribution in [1.29, 1.82) is 0 Å². The van der Waals surface area contributed by atoms with E-state index in [1.807, 2.05) is 25.4 Å². The van der Waals surface area contributed by atoms with Gasteiger partial charge in [0.1, 0.15) is 18.0 Å². The van der Waals surface area contributed by atoms with Crippen molar-refractivity contribution in [2.45, 2.75) is 20.4 Å². The minimum Gasteiger partial charge on any atom is -0.365 e. The smallest absolute Gasteiger partial charge is 0.137 e. The number of rotatable bonds is 6. The lowest BCUT2D eigenvalue weighted by atomic mass is 9.95. The topological polar surface area (TPSA) is 70.1 Å². The van der Waals surface area contributed by atoms with Crippen LogP contribution in [0.5, 0.6) is 0 Å². The van der Waals surface area contributed by atoms with Crippen LogP contribution in [0.2, 0.25) is 0 Å². The Hall–Kier alpha value is -3.84. The molecule has 0 bridgehead atoms. The molecular weight excluding hydrogens is 434 g/mol. The number of benzene rings is 1. The van der Waals surface area contributed by atoms with Gasteiger partial charge in [0, 0.05) is 61.8 Å². The van der Waals surface area contributed by atoms with Gasteiger partial charge in [-0.15, -0.1) is 0 Å². The van der Waals surface area contributed by atoms with Crippen LogP contribution >= 0.6 is 0 Å². The zero-order valence-electron chi connectivity index (χ0n) is 20.6. The average molecular weight is 466 g/mol. The summed E-state index contributed by atoms with van der Waals surface area (Å²) in [4.78, 5) is 22.9. The van der Waals surface area contributed by atoms with Crippen LogP contribution in [-0.4, -0.2) is 58.1 Å². The zero-order valence-corrected chi connectivity index (χ0v) is 20.6. The molecule has 4 heterocycles. The number of nitrogens with one attached hydrogen (secondary N) is 1. The molecule has 1 aliphatic rings. The van der Waals surface area contributed by atoms with Crippen LogP contribution < -0.4 is 10.2 Å². The second-order valence-electron chi connectivity index (χ2n) is 8.96. The summed E-state index contributed by atoms with van der Waals surface area (Å²) in [5, 5.41) is 4.54. The maximum Gasteiger partial charge on any atom is 0.137 e. The van der Waals surface area contributed by atoms with Gasteiger partial charge in [-0.2, -0.15) is 0 Å². The number of nitrogens with zero attached hydrogens (tertiary/aromatic N) is 6. The van der Waals surface area contributed by atoms with E-state index in [1.54, 1.807) is 6.33 Å². The Bertz CT molecular complexity index is 1360. The summed E-state index contributed by atoms with van der Waals surface area (Å²) in [6.07, 6.45) is 7.49. The van der Waals surface area contributed by atoms with Crippen LogP contribution in [0.1, 0.15) is 29.3 Å². The molecule has 1 aromatic carbocycles. The summed E-state index contributed by atoms with van der Waals surface area (Å²) in [7, 11) is 2.17. The third-order valence-corrected chi connectivity index (χ3v) is 6.63. The van der Waals surface area contributed by atoms with Crippen LogP contribution in [-0.2, 0) is 6.54 Å². The predicted octanol–water partition coefficient (Wildman–Crippen LogP) is 4.54. The van der Waals surface area contributed by atoms with Gasteiger partial charge in [0.25, 0.3) is 0 Å². The molecule has 1 saturated heterocycles. The highest BCUT2D eigenvalue weighted by Crippen LogP contribution is 2.29. The van der Waals surface area contributed by atoms with Gasteiger partial charge in [-0.3, -0.25) is 4.98 Å². The van der Waals surface area contributed by atoms with E-state index >= 15 is 0 Å². The molecule has 4 aromatic rings. The number of pyridine rings is 2. The molecule has 1 fully saturated rings. The van der Waals surface area contributed by atoms with Gasteiger partial charge >= 0.3 is 0 Å². The molecular formula is C28H31N7. The first-order valence-corrected chi connectivity index (χ1v) is 12.1. The molecule has 7 heteroatoms. The molecule has 7 nitrogen and oxygen atoms in total. The molecule has 0 atom stereocenters. The van der Waals surface area contributed by atoms with Gasteiger partial charge in [-0.05, 0) is 67.9 Å². The number of anilines is 2. The molecule has 0 amide bonds. The number of aryl methyl sites for hydroxylation is 1. The van der Waals surface area contributed by atoms with Crippen LogP contribution in [0.25, 0.3) is 16.5 Å². The highest BCUT2D eigenvalue weighted by Gasteiger charge is 2.16. The largest absolute Gasteiger partial charge is 0.365 e. The highest BCUT2D eigenvalue weighted by molar-refractivity contribution is 5.93. The van der Waals surface area contributed by atoms with E-state index in [0.29, 0.717) is 6.54 Å². The summed E-state index contributed by atoms with van der Waals surface area (Å²) >= 11 is 0. The van der Waals surface area contributed by atoms with Crippen molar-refractivity contribution in [1.82, 2.24) is 24.8 Å². The lowest BCUT2D eigenvalue weighted by Crippen LogP contribution is -2.44. The van der Waals surface area contributed by atoms with Crippen LogP contribution in [0, 0.1) is 6.92 Å². The van der Waals surface area contributed by atoms with Gasteiger partial charge in [-0.25, -0.2) is 15.0 Å². The van der Waals surface area contributed by atoms with Gasteiger partial charge in [0.15, 0.2) is 0 Å². The van der Waals surface area contributed by atoms with Gasteiger partial charge in [0.05, 0.1) is 5.52 Å². The highest BCUT2D eigenvalue weighted by atomic mass is 15.3. The van der Waals surface area contributed by atoms with E-state index < -0.39 is 0 Å². The molecule has 35 heavy (non-hydrogen) atoms. The second kappa shape index (κ2) is 10.2. The minimum absolute atomic E-state index is 0.664. The first-order chi connectivity index (χ1) is 17.1. The first-order valence-electron chi connectivity index (χ1n) is 12.1. The fraction of sp³-hybridized carbons (Fsp3) is 0.286. The SMILES string of the molecule is C/C=C(/c1ccc2ncnc(NCc3ccnc(N4CCN(C)CC4)c3)c2c1)c1cccnc1C. The number of hydrogen-bond acceptors (Lipinski definition) is 7. The van der Waals surface area contributed by atoms with Gasteiger partial charge in [-0.1, -0.05) is 18.2 Å². The van der Waals surface area contributed by atoms with Gasteiger partial charge in [0.2, 0.25) is 0 Å². The Kier molecular flexibility index (Phi) is 6.68. The number of allylic oxidation sites excluding steroid dienone is 1. The van der Waals surface area contributed by atoms with Crippen molar-refractivity contribution in [3.05, 3.63) is 89.6 Å². The molecule has 0 saturated carbocycles. The molecule has 0 spiro atoms. The van der Waals surface area contributed by atoms with E-state index in [2.05, 4.69) is 91.5 Å². The molecule has 1 aliphatic heterocycles. The van der Waals surface area contributed by atoms with Gasteiger partial charge < -0.3 is 15.1 Å². The first kappa shape index (κ1) is 22.9. The quantitative estimate of drug-likeness (QED) is 0.448. The van der Waals surface area contributed by atoms with Crippen molar-refractivity contribution in [2.75, 3.05) is 43.4 Å². The zero-order chi connectivity index (χ0) is 24.2. The maximum atomic E-state index is 4.61. The van der Waals surface area contributed by atoms with Crippen molar-refractivity contribution in [3.63, 3.8) is 0 Å². The summed E-state index contributed by atoms with van der Waals surface area (Å²) in [5.74, 6) is 1.87. The van der Waals surface area contributed by atoms with Crippen LogP contribution in [0.4, 0.5) is 11.6 Å². The van der Waals surface area contributed by atoms with E-state index in [9.17, 15) is 0 Å². The fourth-order valence-electron chi connectivity index (χ4n) is 4.58. The standard InChI is InChI=1S/C28H31N7/c1-4-23(24-6-5-10-29-20(24)2)22-7-8-26-25(17-22)28(33-19-32-26)31-18-21-9-11-30-27(16-21)35-14-12-34(3)13-15-35/h4-11,16-17,19H,12-15,18H2,1-3H3,(H,31,32,33)/b23-4-. The molecule has 0 aliphatic carbocycles. The molecule has 1 N–H and O–H groups in total. The Morgan fingerprint density at radius 1 is 0.971 bits per heavy atom. The van der Waals surface area contributed by atoms with Crippen molar-refractivity contribution >= 4 is 28.1 Å². The predicted molar refractivity (Wildman–Crippen MR) is 143 cm³/mol.